The summed E-state index contributed by atoms with van der Waals surface area (Å²) in [5.74, 6) is 0.156. The van der Waals surface area contributed by atoms with Gasteiger partial charge in [-0.15, -0.1) is 0 Å². The van der Waals surface area contributed by atoms with Crippen LogP contribution >= 0.6 is 0 Å². The minimum atomic E-state index is 0.156. The molecule has 0 aliphatic carbocycles. The third-order valence-electron chi connectivity index (χ3n) is 0.975. The van der Waals surface area contributed by atoms with Crippen LogP contribution < -0.4 is 0 Å². The smallest absolute Gasteiger partial charge is 0.145 e. The van der Waals surface area contributed by atoms with Crippen LogP contribution in [-0.2, 0) is 4.43 Å². The Hall–Kier alpha value is -0.333. The number of rotatable bonds is 3. The van der Waals surface area contributed by atoms with Crippen molar-refractivity contribution < 1.29 is 4.43 Å². The number of nitrogens with zero attached hydrogens (tertiary/aromatic N) is 1. The molecule has 0 rings (SSSR count). The van der Waals surface area contributed by atoms with Crippen molar-refractivity contribution in [2.45, 2.75) is 13.3 Å². The lowest BCUT2D eigenvalue weighted by molar-refractivity contribution is 0.325. The van der Waals surface area contributed by atoms with Gasteiger partial charge in [-0.25, -0.2) is 0 Å². The first-order valence-electron chi connectivity index (χ1n) is 2.69. The topological polar surface area (TPSA) is 33.0 Å². The average molecular weight is 129 g/mol. The number of nitriles is 1. The molecule has 0 saturated heterocycles. The molecule has 1 atom stereocenters. The van der Waals surface area contributed by atoms with E-state index >= 15 is 0 Å². The predicted molar refractivity (Wildman–Crippen MR) is 35.3 cm³/mol. The van der Waals surface area contributed by atoms with E-state index in [-0.39, 0.29) is 5.92 Å². The molecular formula is C5H11NOSi. The first-order chi connectivity index (χ1) is 3.81. The van der Waals surface area contributed by atoms with Crippen LogP contribution in [0.4, 0.5) is 0 Å². The second-order valence-corrected chi connectivity index (χ2v) is 2.39. The number of hydrogen-bond acceptors (Lipinski definition) is 2. The molecule has 0 aromatic rings. The fourth-order valence-corrected chi connectivity index (χ4v) is 0.595. The zero-order valence-electron chi connectivity index (χ0n) is 5.35. The second-order valence-electron chi connectivity index (χ2n) is 1.81. The molecule has 0 radical (unpaired) electrons. The number of hydrogen-bond donors (Lipinski definition) is 0. The molecule has 0 aliphatic heterocycles. The largest absolute Gasteiger partial charge is 0.428 e. The van der Waals surface area contributed by atoms with E-state index in [1.54, 1.807) is 0 Å². The molecule has 0 saturated carbocycles. The van der Waals surface area contributed by atoms with Gasteiger partial charge in [0.05, 0.1) is 6.07 Å². The summed E-state index contributed by atoms with van der Waals surface area (Å²) in [5.41, 5.74) is 0. The molecule has 0 N–H and O–H groups in total. The summed E-state index contributed by atoms with van der Waals surface area (Å²) in [7, 11) is 0.788. The molecule has 0 aromatic carbocycles. The van der Waals surface area contributed by atoms with E-state index < -0.39 is 0 Å². The van der Waals surface area contributed by atoms with Gasteiger partial charge >= 0.3 is 0 Å². The van der Waals surface area contributed by atoms with E-state index in [9.17, 15) is 0 Å². The van der Waals surface area contributed by atoms with E-state index in [4.69, 9.17) is 9.69 Å². The van der Waals surface area contributed by atoms with Crippen molar-refractivity contribution in [3.63, 3.8) is 0 Å². The maximum atomic E-state index is 8.27. The Labute approximate surface area is 53.0 Å². The lowest BCUT2D eigenvalue weighted by atomic mass is 10.1. The minimum absolute atomic E-state index is 0.156. The molecule has 0 aliphatic rings. The lowest BCUT2D eigenvalue weighted by Crippen LogP contribution is -1.96. The van der Waals surface area contributed by atoms with Crippen LogP contribution in [-0.4, -0.2) is 17.1 Å². The SMILES string of the molecule is CC(C#N)CCO[SiH3]. The second kappa shape index (κ2) is 4.82. The molecule has 8 heavy (non-hydrogen) atoms. The highest BCUT2D eigenvalue weighted by Gasteiger charge is 1.95. The third kappa shape index (κ3) is 3.84. The van der Waals surface area contributed by atoms with Crippen molar-refractivity contribution in [3.8, 4) is 6.07 Å². The first kappa shape index (κ1) is 7.67. The summed E-state index contributed by atoms with van der Waals surface area (Å²) < 4.78 is 4.90. The summed E-state index contributed by atoms with van der Waals surface area (Å²) in [6, 6.07) is 2.14. The Morgan fingerprint density at radius 1 is 1.88 bits per heavy atom. The minimum Gasteiger partial charge on any atom is -0.428 e. The molecule has 0 spiro atoms. The van der Waals surface area contributed by atoms with E-state index in [0.29, 0.717) is 0 Å². The highest BCUT2D eigenvalue weighted by Crippen LogP contribution is 1.97. The Balaban J connectivity index is 3.02. The Morgan fingerprint density at radius 3 is 2.88 bits per heavy atom. The average Bonchev–Trinajstić information content (AvgIpc) is 1.83. The summed E-state index contributed by atoms with van der Waals surface area (Å²) in [6.07, 6.45) is 0.875. The Kier molecular flexibility index (Phi) is 4.62. The van der Waals surface area contributed by atoms with E-state index in [0.717, 1.165) is 23.5 Å². The van der Waals surface area contributed by atoms with E-state index in [2.05, 4.69) is 6.07 Å². The van der Waals surface area contributed by atoms with Crippen molar-refractivity contribution in [2.75, 3.05) is 6.61 Å². The Morgan fingerprint density at radius 2 is 2.50 bits per heavy atom. The van der Waals surface area contributed by atoms with E-state index in [1.165, 1.54) is 0 Å². The Bertz CT molecular complexity index is 88.9. The first-order valence-corrected chi connectivity index (χ1v) is 3.51. The molecule has 0 bridgehead atoms. The van der Waals surface area contributed by atoms with Gasteiger partial charge in [-0.2, -0.15) is 5.26 Å². The van der Waals surface area contributed by atoms with Crippen molar-refractivity contribution in [2.24, 2.45) is 5.92 Å². The van der Waals surface area contributed by atoms with Gasteiger partial charge in [-0.05, 0) is 13.3 Å². The van der Waals surface area contributed by atoms with Crippen LogP contribution in [0.15, 0.2) is 0 Å². The van der Waals surface area contributed by atoms with Crippen LogP contribution in [0.5, 0.6) is 0 Å². The summed E-state index contributed by atoms with van der Waals surface area (Å²) in [5, 5.41) is 8.27. The van der Waals surface area contributed by atoms with Crippen molar-refractivity contribution in [1.82, 2.24) is 0 Å². The fourth-order valence-electron chi connectivity index (χ4n) is 0.359. The maximum Gasteiger partial charge on any atom is 0.145 e. The van der Waals surface area contributed by atoms with Gasteiger partial charge in [-0.3, -0.25) is 0 Å². The van der Waals surface area contributed by atoms with Gasteiger partial charge in [0, 0.05) is 12.5 Å². The van der Waals surface area contributed by atoms with Gasteiger partial charge in [0.25, 0.3) is 0 Å². The maximum absolute atomic E-state index is 8.27. The van der Waals surface area contributed by atoms with Gasteiger partial charge in [0.2, 0.25) is 0 Å². The third-order valence-corrected chi connectivity index (χ3v) is 1.38. The van der Waals surface area contributed by atoms with Gasteiger partial charge < -0.3 is 4.43 Å². The molecule has 0 aromatic heterocycles. The molecule has 0 heterocycles. The highest BCUT2D eigenvalue weighted by molar-refractivity contribution is 5.97. The molecule has 3 heteroatoms. The quantitative estimate of drug-likeness (QED) is 0.496. The van der Waals surface area contributed by atoms with E-state index in [1.807, 2.05) is 6.92 Å². The van der Waals surface area contributed by atoms with Gasteiger partial charge in [-0.1, -0.05) is 0 Å². The zero-order chi connectivity index (χ0) is 6.41. The van der Waals surface area contributed by atoms with Crippen LogP contribution in [0.1, 0.15) is 13.3 Å². The van der Waals surface area contributed by atoms with Crippen molar-refractivity contribution in [1.29, 1.82) is 5.26 Å². The van der Waals surface area contributed by atoms with Crippen LogP contribution in [0, 0.1) is 17.2 Å². The molecule has 0 amide bonds. The van der Waals surface area contributed by atoms with Gasteiger partial charge in [0.15, 0.2) is 0 Å². The van der Waals surface area contributed by atoms with Crippen LogP contribution in [0.25, 0.3) is 0 Å². The fraction of sp³-hybridized carbons (Fsp3) is 0.800. The molecule has 0 fully saturated rings. The molecule has 46 valence electrons. The molecular weight excluding hydrogens is 118 g/mol. The molecule has 1 unspecified atom stereocenters. The summed E-state index contributed by atoms with van der Waals surface area (Å²) in [6.45, 7) is 2.65. The highest BCUT2D eigenvalue weighted by atomic mass is 28.2. The van der Waals surface area contributed by atoms with Crippen molar-refractivity contribution >= 4 is 10.5 Å². The zero-order valence-corrected chi connectivity index (χ0v) is 7.35. The van der Waals surface area contributed by atoms with Crippen LogP contribution in [0.2, 0.25) is 0 Å². The monoisotopic (exact) mass is 129 g/mol. The van der Waals surface area contributed by atoms with Crippen molar-refractivity contribution in [3.05, 3.63) is 0 Å². The van der Waals surface area contributed by atoms with Crippen LogP contribution in [0.3, 0.4) is 0 Å². The standard InChI is InChI=1S/C5H11NOSi/c1-5(4-6)2-3-7-8/h5H,2-3H2,1,8H3. The summed E-state index contributed by atoms with van der Waals surface area (Å²) >= 11 is 0. The van der Waals surface area contributed by atoms with Gasteiger partial charge in [0.1, 0.15) is 10.5 Å². The summed E-state index contributed by atoms with van der Waals surface area (Å²) in [4.78, 5) is 0. The normalized spacial score (nSPS) is 13.0. The predicted octanol–water partition coefficient (Wildman–Crippen LogP) is -0.167. The lowest BCUT2D eigenvalue weighted by Gasteiger charge is -1.98. The molecule has 2 nitrogen and oxygen atoms in total.